The van der Waals surface area contributed by atoms with E-state index in [0.29, 0.717) is 24.7 Å². The molecule has 0 aliphatic rings. The van der Waals surface area contributed by atoms with E-state index in [2.05, 4.69) is 15.5 Å². The first-order chi connectivity index (χ1) is 9.06. The minimum atomic E-state index is -0.476. The van der Waals surface area contributed by atoms with E-state index < -0.39 is 5.82 Å². The van der Waals surface area contributed by atoms with Crippen molar-refractivity contribution in [3.63, 3.8) is 0 Å². The molecule has 0 spiro atoms. The molecule has 0 fully saturated rings. The van der Waals surface area contributed by atoms with E-state index in [1.807, 2.05) is 0 Å². The van der Waals surface area contributed by atoms with Gasteiger partial charge in [-0.15, -0.1) is 0 Å². The van der Waals surface area contributed by atoms with Crippen LogP contribution in [0, 0.1) is 12.7 Å². The molecule has 1 aromatic heterocycles. The molecular formula is C12H13FN4O2. The van der Waals surface area contributed by atoms with Gasteiger partial charge in [-0.2, -0.15) is 4.98 Å². The van der Waals surface area contributed by atoms with E-state index in [0.717, 1.165) is 6.07 Å². The summed E-state index contributed by atoms with van der Waals surface area (Å²) in [5.74, 6) is 0.156. The largest absolute Gasteiger partial charge is 0.398 e. The molecule has 19 heavy (non-hydrogen) atoms. The summed E-state index contributed by atoms with van der Waals surface area (Å²) >= 11 is 0. The van der Waals surface area contributed by atoms with E-state index in [1.165, 1.54) is 12.1 Å². The lowest BCUT2D eigenvalue weighted by molar-refractivity contribution is 0.0954. The summed E-state index contributed by atoms with van der Waals surface area (Å²) in [7, 11) is 0. The molecule has 0 bridgehead atoms. The average molecular weight is 264 g/mol. The van der Waals surface area contributed by atoms with Crippen LogP contribution in [0.3, 0.4) is 0 Å². The third-order valence-electron chi connectivity index (χ3n) is 2.46. The topological polar surface area (TPSA) is 94.0 Å². The third kappa shape index (κ3) is 3.27. The number of anilines is 1. The van der Waals surface area contributed by atoms with Crippen LogP contribution in [0.2, 0.25) is 0 Å². The maximum Gasteiger partial charge on any atom is 0.253 e. The molecule has 3 N–H and O–H groups in total. The van der Waals surface area contributed by atoms with Crippen LogP contribution in [0.15, 0.2) is 22.7 Å². The molecule has 0 unspecified atom stereocenters. The Kier molecular flexibility index (Phi) is 3.74. The highest BCUT2D eigenvalue weighted by Gasteiger charge is 2.10. The molecule has 100 valence electrons. The Morgan fingerprint density at radius 2 is 2.32 bits per heavy atom. The Bertz CT molecular complexity index is 597. The van der Waals surface area contributed by atoms with Crippen molar-refractivity contribution in [2.24, 2.45) is 0 Å². The lowest BCUT2D eigenvalue weighted by Gasteiger charge is -2.06. The first-order valence-corrected chi connectivity index (χ1v) is 5.68. The van der Waals surface area contributed by atoms with Crippen LogP contribution < -0.4 is 11.1 Å². The second kappa shape index (κ2) is 5.47. The number of rotatable bonds is 4. The number of nitrogens with two attached hydrogens (primary N) is 1. The lowest BCUT2D eigenvalue weighted by atomic mass is 10.1. The van der Waals surface area contributed by atoms with Gasteiger partial charge in [0.15, 0.2) is 5.82 Å². The molecule has 0 aliphatic heterocycles. The van der Waals surface area contributed by atoms with E-state index >= 15 is 0 Å². The fraction of sp³-hybridized carbons (Fsp3) is 0.250. The predicted molar refractivity (Wildman–Crippen MR) is 65.9 cm³/mol. The van der Waals surface area contributed by atoms with Gasteiger partial charge in [-0.1, -0.05) is 5.16 Å². The van der Waals surface area contributed by atoms with Gasteiger partial charge >= 0.3 is 0 Å². The molecule has 0 saturated heterocycles. The van der Waals surface area contributed by atoms with Gasteiger partial charge in [-0.05, 0) is 18.2 Å². The van der Waals surface area contributed by atoms with Crippen molar-refractivity contribution in [1.29, 1.82) is 0 Å². The Hall–Kier alpha value is -2.44. The summed E-state index contributed by atoms with van der Waals surface area (Å²) in [6, 6.07) is 3.64. The van der Waals surface area contributed by atoms with Crippen LogP contribution in [0.1, 0.15) is 22.1 Å². The Labute approximate surface area is 108 Å². The van der Waals surface area contributed by atoms with Gasteiger partial charge in [0, 0.05) is 25.6 Å². The highest BCUT2D eigenvalue weighted by molar-refractivity contribution is 5.99. The number of nitrogen functional groups attached to an aromatic ring is 1. The Morgan fingerprint density at radius 1 is 1.53 bits per heavy atom. The maximum absolute atomic E-state index is 12.8. The molecule has 0 saturated carbocycles. The number of benzene rings is 1. The standard InChI is InChI=1S/C12H13FN4O2/c1-7-16-11(17-19-7)4-5-15-12(18)9-3-2-8(13)6-10(9)14/h2-3,6H,4-5,14H2,1H3,(H,15,18). The van der Waals surface area contributed by atoms with Crippen molar-refractivity contribution in [3.05, 3.63) is 41.3 Å². The number of nitrogens with zero attached hydrogens (tertiary/aromatic N) is 2. The minimum absolute atomic E-state index is 0.105. The van der Waals surface area contributed by atoms with E-state index in [9.17, 15) is 9.18 Å². The fourth-order valence-electron chi connectivity index (χ4n) is 1.57. The summed E-state index contributed by atoms with van der Waals surface area (Å²) in [4.78, 5) is 15.8. The second-order valence-electron chi connectivity index (χ2n) is 3.97. The van der Waals surface area contributed by atoms with Gasteiger partial charge in [0.05, 0.1) is 5.56 Å². The van der Waals surface area contributed by atoms with Crippen molar-refractivity contribution in [1.82, 2.24) is 15.5 Å². The summed E-state index contributed by atoms with van der Waals surface area (Å²) < 4.78 is 17.7. The zero-order valence-electron chi connectivity index (χ0n) is 10.3. The number of aromatic nitrogens is 2. The molecule has 0 aliphatic carbocycles. The van der Waals surface area contributed by atoms with Crippen LogP contribution >= 0.6 is 0 Å². The highest BCUT2D eigenvalue weighted by Crippen LogP contribution is 2.12. The molecule has 1 amide bonds. The number of halogens is 1. The number of nitrogens with one attached hydrogen (secondary N) is 1. The minimum Gasteiger partial charge on any atom is -0.398 e. The Balaban J connectivity index is 1.90. The Morgan fingerprint density at radius 3 is 2.95 bits per heavy atom. The van der Waals surface area contributed by atoms with Crippen LogP contribution in [-0.2, 0) is 6.42 Å². The number of hydrogen-bond donors (Lipinski definition) is 2. The van der Waals surface area contributed by atoms with E-state index in [1.54, 1.807) is 6.92 Å². The van der Waals surface area contributed by atoms with Crippen molar-refractivity contribution in [2.45, 2.75) is 13.3 Å². The molecule has 0 radical (unpaired) electrons. The number of carbonyl (C=O) groups is 1. The van der Waals surface area contributed by atoms with Crippen molar-refractivity contribution in [2.75, 3.05) is 12.3 Å². The molecule has 1 heterocycles. The molecule has 6 nitrogen and oxygen atoms in total. The smallest absolute Gasteiger partial charge is 0.253 e. The second-order valence-corrected chi connectivity index (χ2v) is 3.97. The van der Waals surface area contributed by atoms with Gasteiger partial charge in [0.2, 0.25) is 5.89 Å². The summed E-state index contributed by atoms with van der Waals surface area (Å²) in [6.45, 7) is 2.03. The normalized spacial score (nSPS) is 10.4. The maximum atomic E-state index is 12.8. The number of hydrogen-bond acceptors (Lipinski definition) is 5. The van der Waals surface area contributed by atoms with Gasteiger partial charge < -0.3 is 15.6 Å². The monoisotopic (exact) mass is 264 g/mol. The van der Waals surface area contributed by atoms with E-state index in [-0.39, 0.29) is 17.2 Å². The molecular weight excluding hydrogens is 251 g/mol. The number of amides is 1. The van der Waals surface area contributed by atoms with Gasteiger partial charge in [0.1, 0.15) is 5.82 Å². The molecule has 2 aromatic rings. The van der Waals surface area contributed by atoms with Gasteiger partial charge in [-0.25, -0.2) is 4.39 Å². The molecule has 0 atom stereocenters. The highest BCUT2D eigenvalue weighted by atomic mass is 19.1. The summed E-state index contributed by atoms with van der Waals surface area (Å²) in [5.41, 5.74) is 5.91. The quantitative estimate of drug-likeness (QED) is 0.805. The van der Waals surface area contributed by atoms with Crippen molar-refractivity contribution < 1.29 is 13.7 Å². The van der Waals surface area contributed by atoms with Crippen molar-refractivity contribution in [3.8, 4) is 0 Å². The first-order valence-electron chi connectivity index (χ1n) is 5.68. The summed E-state index contributed by atoms with van der Waals surface area (Å²) in [5, 5.41) is 6.36. The fourth-order valence-corrected chi connectivity index (χ4v) is 1.57. The number of aryl methyl sites for hydroxylation is 1. The zero-order valence-corrected chi connectivity index (χ0v) is 10.3. The SMILES string of the molecule is Cc1nc(CCNC(=O)c2ccc(F)cc2N)no1. The predicted octanol–water partition coefficient (Wildman–Crippen LogP) is 1.07. The molecule has 2 rings (SSSR count). The van der Waals surface area contributed by atoms with Gasteiger partial charge in [0.25, 0.3) is 5.91 Å². The third-order valence-corrected chi connectivity index (χ3v) is 2.46. The van der Waals surface area contributed by atoms with Gasteiger partial charge in [-0.3, -0.25) is 4.79 Å². The van der Waals surface area contributed by atoms with Crippen LogP contribution in [0.25, 0.3) is 0 Å². The average Bonchev–Trinajstić information content (AvgIpc) is 2.75. The number of carbonyl (C=O) groups excluding carboxylic acids is 1. The molecule has 1 aromatic carbocycles. The van der Waals surface area contributed by atoms with E-state index in [4.69, 9.17) is 10.3 Å². The molecule has 7 heteroatoms. The zero-order chi connectivity index (χ0) is 13.8. The van der Waals surface area contributed by atoms with Crippen LogP contribution in [0.5, 0.6) is 0 Å². The lowest BCUT2D eigenvalue weighted by Crippen LogP contribution is -2.26. The van der Waals surface area contributed by atoms with Crippen molar-refractivity contribution >= 4 is 11.6 Å². The van der Waals surface area contributed by atoms with Crippen LogP contribution in [0.4, 0.5) is 10.1 Å². The van der Waals surface area contributed by atoms with Crippen LogP contribution in [-0.4, -0.2) is 22.6 Å². The summed E-state index contributed by atoms with van der Waals surface area (Å²) in [6.07, 6.45) is 0.449. The first kappa shape index (κ1) is 13.0.